The molecule has 0 saturated carbocycles. The standard InChI is InChI=1S/C16H25NO/c1-6-14(7-2)17(5)11-16(18)15-10-12(3)8-9-13(15)4/h8-10,14H,6-7,11H2,1-5H3. The highest BCUT2D eigenvalue weighted by atomic mass is 16.1. The van der Waals surface area contributed by atoms with Crippen molar-refractivity contribution in [3.63, 3.8) is 0 Å². The smallest absolute Gasteiger partial charge is 0.177 e. The van der Waals surface area contributed by atoms with Gasteiger partial charge in [-0.1, -0.05) is 31.5 Å². The van der Waals surface area contributed by atoms with Crippen molar-refractivity contribution in [3.05, 3.63) is 34.9 Å². The molecule has 18 heavy (non-hydrogen) atoms. The molecule has 2 heteroatoms. The Kier molecular flexibility index (Phi) is 5.54. The van der Waals surface area contributed by atoms with Crippen molar-refractivity contribution in [1.29, 1.82) is 0 Å². The highest BCUT2D eigenvalue weighted by molar-refractivity contribution is 5.99. The van der Waals surface area contributed by atoms with Crippen molar-refractivity contribution in [1.82, 2.24) is 4.90 Å². The van der Waals surface area contributed by atoms with Gasteiger partial charge in [0.15, 0.2) is 5.78 Å². The van der Waals surface area contributed by atoms with Gasteiger partial charge < -0.3 is 0 Å². The summed E-state index contributed by atoms with van der Waals surface area (Å²) in [5.74, 6) is 0.227. The predicted molar refractivity (Wildman–Crippen MR) is 77.2 cm³/mol. The summed E-state index contributed by atoms with van der Waals surface area (Å²) < 4.78 is 0. The minimum absolute atomic E-state index is 0.227. The van der Waals surface area contributed by atoms with Crippen LogP contribution in [0.5, 0.6) is 0 Å². The van der Waals surface area contributed by atoms with Crippen molar-refractivity contribution in [2.24, 2.45) is 0 Å². The highest BCUT2D eigenvalue weighted by Crippen LogP contribution is 2.13. The van der Waals surface area contributed by atoms with Crippen LogP contribution in [0.4, 0.5) is 0 Å². The van der Waals surface area contributed by atoms with Crippen molar-refractivity contribution in [3.8, 4) is 0 Å². The Balaban J connectivity index is 2.79. The van der Waals surface area contributed by atoms with Gasteiger partial charge in [0.25, 0.3) is 0 Å². The zero-order valence-electron chi connectivity index (χ0n) is 12.3. The van der Waals surface area contributed by atoms with Crippen LogP contribution in [0.15, 0.2) is 18.2 Å². The fourth-order valence-electron chi connectivity index (χ4n) is 2.39. The number of benzene rings is 1. The molecule has 0 amide bonds. The predicted octanol–water partition coefficient (Wildman–Crippen LogP) is 3.61. The van der Waals surface area contributed by atoms with Gasteiger partial charge in [-0.3, -0.25) is 9.69 Å². The summed E-state index contributed by atoms with van der Waals surface area (Å²) in [7, 11) is 2.04. The Morgan fingerprint density at radius 1 is 1.22 bits per heavy atom. The molecule has 0 fully saturated rings. The summed E-state index contributed by atoms with van der Waals surface area (Å²) in [5, 5.41) is 0. The molecular formula is C16H25NO. The van der Waals surface area contributed by atoms with E-state index < -0.39 is 0 Å². The molecule has 0 unspecified atom stereocenters. The monoisotopic (exact) mass is 247 g/mol. The first-order chi connectivity index (χ1) is 8.49. The van der Waals surface area contributed by atoms with Gasteiger partial charge in [0, 0.05) is 11.6 Å². The topological polar surface area (TPSA) is 20.3 Å². The molecule has 1 aromatic carbocycles. The van der Waals surface area contributed by atoms with Crippen molar-refractivity contribution in [2.45, 2.75) is 46.6 Å². The Hall–Kier alpha value is -1.15. The minimum atomic E-state index is 0.227. The van der Waals surface area contributed by atoms with Crippen LogP contribution in [0.25, 0.3) is 0 Å². The van der Waals surface area contributed by atoms with E-state index in [9.17, 15) is 4.79 Å². The van der Waals surface area contributed by atoms with Crippen LogP contribution in [0.2, 0.25) is 0 Å². The molecule has 0 radical (unpaired) electrons. The number of hydrogen-bond donors (Lipinski definition) is 0. The van der Waals surface area contributed by atoms with Gasteiger partial charge in [0.1, 0.15) is 0 Å². The van der Waals surface area contributed by atoms with Crippen LogP contribution in [0.1, 0.15) is 48.2 Å². The van der Waals surface area contributed by atoms with Gasteiger partial charge in [0.05, 0.1) is 6.54 Å². The molecule has 0 aliphatic heterocycles. The van der Waals surface area contributed by atoms with E-state index in [-0.39, 0.29) is 5.78 Å². The van der Waals surface area contributed by atoms with Gasteiger partial charge in [0.2, 0.25) is 0 Å². The van der Waals surface area contributed by atoms with E-state index in [1.807, 2.05) is 33.0 Å². The fraction of sp³-hybridized carbons (Fsp3) is 0.562. The van der Waals surface area contributed by atoms with E-state index in [0.29, 0.717) is 12.6 Å². The van der Waals surface area contributed by atoms with Crippen LogP contribution < -0.4 is 0 Å². The number of aryl methyl sites for hydroxylation is 2. The number of carbonyl (C=O) groups excluding carboxylic acids is 1. The lowest BCUT2D eigenvalue weighted by molar-refractivity contribution is 0.0915. The lowest BCUT2D eigenvalue weighted by Gasteiger charge is -2.25. The van der Waals surface area contributed by atoms with E-state index >= 15 is 0 Å². The Labute approximate surface area is 111 Å². The quantitative estimate of drug-likeness (QED) is 0.716. The summed E-state index contributed by atoms with van der Waals surface area (Å²) in [6, 6.07) is 6.58. The summed E-state index contributed by atoms with van der Waals surface area (Å²) >= 11 is 0. The third-order valence-corrected chi connectivity index (χ3v) is 3.65. The van der Waals surface area contributed by atoms with Gasteiger partial charge in [-0.25, -0.2) is 0 Å². The van der Waals surface area contributed by atoms with Crippen LogP contribution in [0, 0.1) is 13.8 Å². The Morgan fingerprint density at radius 3 is 2.39 bits per heavy atom. The van der Waals surface area contributed by atoms with E-state index in [2.05, 4.69) is 24.8 Å². The summed E-state index contributed by atoms with van der Waals surface area (Å²) in [5.41, 5.74) is 3.09. The second-order valence-electron chi connectivity index (χ2n) is 5.13. The lowest BCUT2D eigenvalue weighted by atomic mass is 10.0. The normalized spacial score (nSPS) is 11.3. The second kappa shape index (κ2) is 6.69. The van der Waals surface area contributed by atoms with Crippen molar-refractivity contribution >= 4 is 5.78 Å². The largest absolute Gasteiger partial charge is 0.296 e. The molecule has 0 saturated heterocycles. The molecule has 2 nitrogen and oxygen atoms in total. The number of likely N-dealkylation sites (N-methyl/N-ethyl adjacent to an activating group) is 1. The number of hydrogen-bond acceptors (Lipinski definition) is 2. The third kappa shape index (κ3) is 3.67. The average Bonchev–Trinajstić information content (AvgIpc) is 2.33. The van der Waals surface area contributed by atoms with E-state index in [1.165, 1.54) is 0 Å². The SMILES string of the molecule is CCC(CC)N(C)CC(=O)c1cc(C)ccc1C. The van der Waals surface area contributed by atoms with Crippen molar-refractivity contribution in [2.75, 3.05) is 13.6 Å². The Bertz CT molecular complexity index is 408. The van der Waals surface area contributed by atoms with Crippen molar-refractivity contribution < 1.29 is 4.79 Å². The second-order valence-corrected chi connectivity index (χ2v) is 5.13. The average molecular weight is 247 g/mol. The maximum Gasteiger partial charge on any atom is 0.177 e. The van der Waals surface area contributed by atoms with Crippen LogP contribution >= 0.6 is 0 Å². The van der Waals surface area contributed by atoms with E-state index in [4.69, 9.17) is 0 Å². The lowest BCUT2D eigenvalue weighted by Crippen LogP contribution is -2.35. The molecule has 1 aromatic rings. The molecule has 0 atom stereocenters. The molecule has 0 aliphatic rings. The van der Waals surface area contributed by atoms with Crippen LogP contribution in [-0.4, -0.2) is 30.3 Å². The number of carbonyl (C=O) groups is 1. The molecule has 0 aromatic heterocycles. The summed E-state index contributed by atoms with van der Waals surface area (Å²) in [4.78, 5) is 14.5. The molecular weight excluding hydrogens is 222 g/mol. The fourth-order valence-corrected chi connectivity index (χ4v) is 2.39. The highest BCUT2D eigenvalue weighted by Gasteiger charge is 2.16. The number of rotatable bonds is 6. The third-order valence-electron chi connectivity index (χ3n) is 3.65. The molecule has 0 aliphatic carbocycles. The zero-order valence-corrected chi connectivity index (χ0v) is 12.3. The molecule has 0 heterocycles. The number of Topliss-reactive ketones (excluding diaryl/α,β-unsaturated/α-hetero) is 1. The maximum atomic E-state index is 12.3. The first kappa shape index (κ1) is 14.9. The van der Waals surface area contributed by atoms with Crippen LogP contribution in [0.3, 0.4) is 0 Å². The van der Waals surface area contributed by atoms with Gasteiger partial charge in [-0.2, -0.15) is 0 Å². The van der Waals surface area contributed by atoms with Crippen LogP contribution in [-0.2, 0) is 0 Å². The molecule has 0 N–H and O–H groups in total. The van der Waals surface area contributed by atoms with Gasteiger partial charge in [-0.05, 0) is 45.4 Å². The minimum Gasteiger partial charge on any atom is -0.296 e. The van der Waals surface area contributed by atoms with Gasteiger partial charge >= 0.3 is 0 Å². The zero-order chi connectivity index (χ0) is 13.7. The first-order valence-corrected chi connectivity index (χ1v) is 6.80. The molecule has 1 rings (SSSR count). The molecule has 0 bridgehead atoms. The summed E-state index contributed by atoms with van der Waals surface area (Å²) in [6.45, 7) is 8.89. The van der Waals surface area contributed by atoms with E-state index in [1.54, 1.807) is 0 Å². The summed E-state index contributed by atoms with van der Waals surface area (Å²) in [6.07, 6.45) is 2.18. The first-order valence-electron chi connectivity index (χ1n) is 6.80. The van der Waals surface area contributed by atoms with E-state index in [0.717, 1.165) is 29.5 Å². The maximum absolute atomic E-state index is 12.3. The molecule has 0 spiro atoms. The molecule has 100 valence electrons. The number of ketones is 1. The number of nitrogens with zero attached hydrogens (tertiary/aromatic N) is 1. The Morgan fingerprint density at radius 2 is 1.83 bits per heavy atom. The van der Waals surface area contributed by atoms with Gasteiger partial charge in [-0.15, -0.1) is 0 Å².